The summed E-state index contributed by atoms with van der Waals surface area (Å²) in [4.78, 5) is 27.7. The van der Waals surface area contributed by atoms with Crippen molar-refractivity contribution in [2.24, 2.45) is 0 Å². The van der Waals surface area contributed by atoms with E-state index in [2.05, 4.69) is 0 Å². The smallest absolute Gasteiger partial charge is 0.343 e. The Morgan fingerprint density at radius 3 is 2.33 bits per heavy atom. The van der Waals surface area contributed by atoms with Gasteiger partial charge in [-0.15, -0.1) is 0 Å². The monoisotopic (exact) mass is 475 g/mol. The van der Waals surface area contributed by atoms with Crippen LogP contribution in [0.1, 0.15) is 34.5 Å². The molecule has 1 saturated heterocycles. The van der Waals surface area contributed by atoms with Crippen molar-refractivity contribution in [3.63, 3.8) is 0 Å². The molecular formula is C26H21NO4S2. The van der Waals surface area contributed by atoms with Crippen LogP contribution in [0, 0.1) is 0 Å². The fourth-order valence-electron chi connectivity index (χ4n) is 3.44. The van der Waals surface area contributed by atoms with Crippen molar-refractivity contribution in [1.29, 1.82) is 0 Å². The molecule has 1 fully saturated rings. The number of hydrogen-bond acceptors (Lipinski definition) is 6. The fourth-order valence-corrected chi connectivity index (χ4v) is 4.86. The lowest BCUT2D eigenvalue weighted by Gasteiger charge is -2.23. The SMILES string of the molecule is COc1cc(C=C2SC(=S)N(C(C)c3ccccc3)C2=O)ccc1OC(=O)c1ccccc1. The number of nitrogens with zero attached hydrogens (tertiary/aromatic N) is 1. The predicted molar refractivity (Wildman–Crippen MR) is 134 cm³/mol. The summed E-state index contributed by atoms with van der Waals surface area (Å²) in [6, 6.07) is 23.5. The number of carbonyl (C=O) groups is 2. The molecule has 166 valence electrons. The lowest BCUT2D eigenvalue weighted by Crippen LogP contribution is -2.30. The van der Waals surface area contributed by atoms with Gasteiger partial charge in [0.05, 0.1) is 23.6 Å². The summed E-state index contributed by atoms with van der Waals surface area (Å²) in [5, 5.41) is 0. The summed E-state index contributed by atoms with van der Waals surface area (Å²) in [6.45, 7) is 1.96. The van der Waals surface area contributed by atoms with Crippen LogP contribution in [-0.2, 0) is 4.79 Å². The molecule has 3 aromatic carbocycles. The Balaban J connectivity index is 1.54. The lowest BCUT2D eigenvalue weighted by molar-refractivity contribution is -0.123. The van der Waals surface area contributed by atoms with E-state index in [0.717, 1.165) is 11.1 Å². The van der Waals surface area contributed by atoms with E-state index in [9.17, 15) is 9.59 Å². The Kier molecular flexibility index (Phi) is 6.91. The van der Waals surface area contributed by atoms with Crippen LogP contribution in [0.5, 0.6) is 11.5 Å². The van der Waals surface area contributed by atoms with Gasteiger partial charge in [0, 0.05) is 0 Å². The number of esters is 1. The van der Waals surface area contributed by atoms with Crippen LogP contribution < -0.4 is 9.47 Å². The van der Waals surface area contributed by atoms with E-state index < -0.39 is 5.97 Å². The molecule has 0 saturated carbocycles. The summed E-state index contributed by atoms with van der Waals surface area (Å²) in [5.41, 5.74) is 2.19. The number of benzene rings is 3. The number of rotatable bonds is 6. The molecule has 0 spiro atoms. The van der Waals surface area contributed by atoms with Gasteiger partial charge >= 0.3 is 5.97 Å². The zero-order chi connectivity index (χ0) is 23.4. The van der Waals surface area contributed by atoms with Gasteiger partial charge in [0.25, 0.3) is 5.91 Å². The Morgan fingerprint density at radius 2 is 1.67 bits per heavy atom. The largest absolute Gasteiger partial charge is 0.493 e. The third-order valence-electron chi connectivity index (χ3n) is 5.19. The first-order valence-electron chi connectivity index (χ1n) is 10.2. The standard InChI is InChI=1S/C26H21NO4S2/c1-17(19-9-5-3-6-10-19)27-24(28)23(33-26(27)32)16-18-13-14-21(22(15-18)30-2)31-25(29)20-11-7-4-8-12-20/h3-17H,1-2H3. The highest BCUT2D eigenvalue weighted by Gasteiger charge is 2.35. The second kappa shape index (κ2) is 10.0. The van der Waals surface area contributed by atoms with E-state index in [-0.39, 0.29) is 11.9 Å². The number of thiocarbonyl (C=S) groups is 1. The summed E-state index contributed by atoms with van der Waals surface area (Å²) < 4.78 is 11.4. The first-order valence-corrected chi connectivity index (χ1v) is 11.5. The number of methoxy groups -OCH3 is 1. The average molecular weight is 476 g/mol. The quantitative estimate of drug-likeness (QED) is 0.192. The molecule has 4 rings (SSSR count). The molecular weight excluding hydrogens is 454 g/mol. The molecule has 3 aromatic rings. The Morgan fingerprint density at radius 1 is 1.00 bits per heavy atom. The van der Waals surface area contributed by atoms with E-state index in [1.165, 1.54) is 18.9 Å². The second-order valence-electron chi connectivity index (χ2n) is 7.30. The number of thioether (sulfide) groups is 1. The van der Waals surface area contributed by atoms with Crippen molar-refractivity contribution in [3.05, 3.63) is 100 Å². The van der Waals surface area contributed by atoms with Crippen molar-refractivity contribution >= 4 is 46.3 Å². The minimum absolute atomic E-state index is 0.139. The van der Waals surface area contributed by atoms with Crippen LogP contribution in [0.25, 0.3) is 6.08 Å². The predicted octanol–water partition coefficient (Wildman–Crippen LogP) is 5.88. The highest BCUT2D eigenvalue weighted by Crippen LogP contribution is 2.39. The van der Waals surface area contributed by atoms with Crippen molar-refractivity contribution in [3.8, 4) is 11.5 Å². The molecule has 1 aliphatic heterocycles. The highest BCUT2D eigenvalue weighted by atomic mass is 32.2. The molecule has 1 aliphatic rings. The molecule has 0 aliphatic carbocycles. The van der Waals surface area contributed by atoms with Crippen molar-refractivity contribution in [2.45, 2.75) is 13.0 Å². The molecule has 1 amide bonds. The number of hydrogen-bond donors (Lipinski definition) is 0. The first kappa shape index (κ1) is 22.8. The van der Waals surface area contributed by atoms with Crippen LogP contribution in [0.3, 0.4) is 0 Å². The third-order valence-corrected chi connectivity index (χ3v) is 6.52. The van der Waals surface area contributed by atoms with Crippen LogP contribution >= 0.6 is 24.0 Å². The fraction of sp³-hybridized carbons (Fsp3) is 0.115. The zero-order valence-corrected chi connectivity index (χ0v) is 19.7. The van der Waals surface area contributed by atoms with E-state index >= 15 is 0 Å². The van der Waals surface area contributed by atoms with E-state index in [0.29, 0.717) is 26.3 Å². The molecule has 0 N–H and O–H groups in total. The molecule has 5 nitrogen and oxygen atoms in total. The summed E-state index contributed by atoms with van der Waals surface area (Å²) in [6.07, 6.45) is 1.77. The van der Waals surface area contributed by atoms with Gasteiger partial charge in [-0.25, -0.2) is 4.79 Å². The summed E-state index contributed by atoms with van der Waals surface area (Å²) in [7, 11) is 1.50. The summed E-state index contributed by atoms with van der Waals surface area (Å²) in [5.74, 6) is 0.0761. The summed E-state index contributed by atoms with van der Waals surface area (Å²) >= 11 is 6.76. The van der Waals surface area contributed by atoms with Crippen LogP contribution in [0.15, 0.2) is 83.8 Å². The van der Waals surface area contributed by atoms with Crippen LogP contribution in [0.2, 0.25) is 0 Å². The maximum absolute atomic E-state index is 13.1. The molecule has 1 heterocycles. The zero-order valence-electron chi connectivity index (χ0n) is 18.1. The minimum atomic E-state index is -0.475. The van der Waals surface area contributed by atoms with Crippen molar-refractivity contribution < 1.29 is 19.1 Å². The van der Waals surface area contributed by atoms with Gasteiger partial charge in [-0.2, -0.15) is 0 Å². The molecule has 0 aromatic heterocycles. The van der Waals surface area contributed by atoms with Crippen LogP contribution in [0.4, 0.5) is 0 Å². The minimum Gasteiger partial charge on any atom is -0.493 e. The first-order chi connectivity index (χ1) is 16.0. The van der Waals surface area contributed by atoms with Gasteiger partial charge in [-0.1, -0.05) is 78.6 Å². The Bertz CT molecular complexity index is 1230. The normalized spacial score (nSPS) is 15.6. The second-order valence-corrected chi connectivity index (χ2v) is 8.98. The van der Waals surface area contributed by atoms with Gasteiger partial charge in [0.1, 0.15) is 4.32 Å². The molecule has 0 bridgehead atoms. The number of amides is 1. The lowest BCUT2D eigenvalue weighted by atomic mass is 10.1. The average Bonchev–Trinajstić information content (AvgIpc) is 3.13. The van der Waals surface area contributed by atoms with E-state index in [4.69, 9.17) is 21.7 Å². The molecule has 0 radical (unpaired) electrons. The van der Waals surface area contributed by atoms with Gasteiger partial charge in [0.15, 0.2) is 11.5 Å². The van der Waals surface area contributed by atoms with Crippen LogP contribution in [-0.4, -0.2) is 28.2 Å². The number of ether oxygens (including phenoxy) is 2. The van der Waals surface area contributed by atoms with E-state index in [1.807, 2.05) is 43.3 Å². The number of carbonyl (C=O) groups excluding carboxylic acids is 2. The Labute approximate surface area is 202 Å². The van der Waals surface area contributed by atoms with Crippen molar-refractivity contribution in [1.82, 2.24) is 4.90 Å². The van der Waals surface area contributed by atoms with Gasteiger partial charge in [-0.3, -0.25) is 9.69 Å². The van der Waals surface area contributed by atoms with E-state index in [1.54, 1.807) is 53.4 Å². The Hall–Kier alpha value is -3.42. The molecule has 7 heteroatoms. The van der Waals surface area contributed by atoms with Gasteiger partial charge in [0.2, 0.25) is 0 Å². The van der Waals surface area contributed by atoms with Crippen molar-refractivity contribution in [2.75, 3.05) is 7.11 Å². The highest BCUT2D eigenvalue weighted by molar-refractivity contribution is 8.26. The van der Waals surface area contributed by atoms with Gasteiger partial charge in [-0.05, 0) is 48.4 Å². The molecule has 1 unspecified atom stereocenters. The third kappa shape index (κ3) is 4.99. The molecule has 1 atom stereocenters. The maximum Gasteiger partial charge on any atom is 0.343 e. The molecule has 33 heavy (non-hydrogen) atoms. The van der Waals surface area contributed by atoms with Gasteiger partial charge < -0.3 is 9.47 Å². The maximum atomic E-state index is 13.1. The topological polar surface area (TPSA) is 55.8 Å².